The Morgan fingerprint density at radius 3 is 2.37 bits per heavy atom. The molecule has 35 heavy (non-hydrogen) atoms. The van der Waals surface area contributed by atoms with Crippen LogP contribution in [0.25, 0.3) is 39.3 Å². The van der Waals surface area contributed by atoms with Crippen LogP contribution in [0, 0.1) is 0 Å². The standard InChI is InChI=1S/C22H16ClF3N6O2S/c1-3-35(33,34)21-17(20-29-16-8-14(22(24,25)26)10-28-18(16)31(20)2)19-27-9-13(11-32(19)30-21)12-4-6-15(23)7-5-12/h4-11H,3H2,1-2H3. The van der Waals surface area contributed by atoms with Crippen molar-refractivity contribution in [3.63, 3.8) is 0 Å². The zero-order chi connectivity index (χ0) is 25.1. The van der Waals surface area contributed by atoms with Gasteiger partial charge in [-0.3, -0.25) is 0 Å². The van der Waals surface area contributed by atoms with Gasteiger partial charge in [0.1, 0.15) is 16.9 Å². The number of pyridine rings is 1. The molecule has 0 bridgehead atoms. The maximum Gasteiger partial charge on any atom is 0.417 e. The second kappa shape index (κ2) is 8.02. The maximum absolute atomic E-state index is 13.2. The molecule has 0 radical (unpaired) electrons. The Kier molecular flexibility index (Phi) is 5.33. The number of imidazole rings is 1. The molecule has 0 unspecified atom stereocenters. The van der Waals surface area contributed by atoms with Gasteiger partial charge in [0.05, 0.1) is 11.3 Å². The highest BCUT2D eigenvalue weighted by Gasteiger charge is 2.33. The van der Waals surface area contributed by atoms with E-state index in [9.17, 15) is 21.6 Å². The molecular formula is C22H16ClF3N6O2S. The van der Waals surface area contributed by atoms with Crippen molar-refractivity contribution in [2.45, 2.75) is 18.1 Å². The van der Waals surface area contributed by atoms with Crippen molar-refractivity contribution >= 4 is 38.2 Å². The maximum atomic E-state index is 13.2. The number of hydrogen-bond acceptors (Lipinski definition) is 6. The van der Waals surface area contributed by atoms with Crippen molar-refractivity contribution in [1.82, 2.24) is 29.1 Å². The van der Waals surface area contributed by atoms with Crippen LogP contribution >= 0.6 is 11.6 Å². The smallest absolute Gasteiger partial charge is 0.312 e. The van der Waals surface area contributed by atoms with Crippen LogP contribution in [0.2, 0.25) is 5.02 Å². The number of aryl methyl sites for hydroxylation is 1. The van der Waals surface area contributed by atoms with Crippen molar-refractivity contribution in [1.29, 1.82) is 0 Å². The van der Waals surface area contributed by atoms with Crippen LogP contribution in [0.3, 0.4) is 0 Å². The van der Waals surface area contributed by atoms with E-state index < -0.39 is 21.6 Å². The van der Waals surface area contributed by atoms with Gasteiger partial charge in [-0.15, -0.1) is 0 Å². The minimum atomic E-state index is -4.60. The lowest BCUT2D eigenvalue weighted by molar-refractivity contribution is -0.137. The summed E-state index contributed by atoms with van der Waals surface area (Å²) in [5, 5.41) is 4.58. The number of hydrogen-bond donors (Lipinski definition) is 0. The van der Waals surface area contributed by atoms with Gasteiger partial charge in [-0.2, -0.15) is 18.3 Å². The summed E-state index contributed by atoms with van der Waals surface area (Å²) in [5.41, 5.74) is 0.881. The predicted molar refractivity (Wildman–Crippen MR) is 124 cm³/mol. The largest absolute Gasteiger partial charge is 0.417 e. The van der Waals surface area contributed by atoms with Crippen molar-refractivity contribution < 1.29 is 21.6 Å². The highest BCUT2D eigenvalue weighted by Crippen LogP contribution is 2.35. The third-order valence-corrected chi connectivity index (χ3v) is 7.44. The van der Waals surface area contributed by atoms with Crippen LogP contribution in [0.1, 0.15) is 12.5 Å². The van der Waals surface area contributed by atoms with Gasteiger partial charge in [-0.25, -0.2) is 27.9 Å². The van der Waals surface area contributed by atoms with E-state index in [4.69, 9.17) is 11.6 Å². The van der Waals surface area contributed by atoms with Crippen molar-refractivity contribution in [3.05, 3.63) is 59.5 Å². The van der Waals surface area contributed by atoms with E-state index in [0.717, 1.165) is 11.6 Å². The summed E-state index contributed by atoms with van der Waals surface area (Å²) in [4.78, 5) is 12.7. The molecule has 0 atom stereocenters. The Morgan fingerprint density at radius 1 is 1.03 bits per heavy atom. The topological polar surface area (TPSA) is 95.0 Å². The zero-order valence-electron chi connectivity index (χ0n) is 18.2. The Morgan fingerprint density at radius 2 is 1.71 bits per heavy atom. The molecule has 13 heteroatoms. The number of fused-ring (bicyclic) bond motifs is 2. The molecule has 0 aliphatic heterocycles. The molecule has 4 aromatic heterocycles. The number of benzene rings is 1. The average Bonchev–Trinajstić information content (AvgIpc) is 3.36. The summed E-state index contributed by atoms with van der Waals surface area (Å²) >= 11 is 5.96. The van der Waals surface area contributed by atoms with Crippen molar-refractivity contribution in [2.75, 3.05) is 5.75 Å². The van der Waals surface area contributed by atoms with E-state index in [0.29, 0.717) is 16.8 Å². The summed E-state index contributed by atoms with van der Waals surface area (Å²) in [7, 11) is -2.31. The van der Waals surface area contributed by atoms with E-state index in [1.807, 2.05) is 0 Å². The molecule has 5 aromatic rings. The van der Waals surface area contributed by atoms with E-state index in [-0.39, 0.29) is 39.0 Å². The Hall–Kier alpha value is -3.51. The van der Waals surface area contributed by atoms with Gasteiger partial charge in [-0.1, -0.05) is 30.7 Å². The fourth-order valence-electron chi connectivity index (χ4n) is 3.71. The molecule has 1 aromatic carbocycles. The first kappa shape index (κ1) is 23.2. The van der Waals surface area contributed by atoms with Crippen LogP contribution < -0.4 is 0 Å². The van der Waals surface area contributed by atoms with Gasteiger partial charge in [0.2, 0.25) is 0 Å². The normalized spacial score (nSPS) is 12.6. The summed E-state index contributed by atoms with van der Waals surface area (Å²) < 4.78 is 68.2. The fraction of sp³-hybridized carbons (Fsp3) is 0.182. The van der Waals surface area contributed by atoms with Gasteiger partial charge in [0, 0.05) is 36.2 Å². The first-order valence-corrected chi connectivity index (χ1v) is 12.3. The van der Waals surface area contributed by atoms with Crippen LogP contribution in [-0.2, 0) is 23.1 Å². The van der Waals surface area contributed by atoms with Crippen LogP contribution in [-0.4, -0.2) is 43.3 Å². The summed E-state index contributed by atoms with van der Waals surface area (Å²) in [6.45, 7) is 1.47. The SMILES string of the molecule is CCS(=O)(=O)c1nn2cc(-c3ccc(Cl)cc3)cnc2c1-c1nc2cc(C(F)(F)F)cnc2n1C. The lowest BCUT2D eigenvalue weighted by Crippen LogP contribution is -2.07. The third kappa shape index (κ3) is 3.92. The molecule has 0 saturated carbocycles. The van der Waals surface area contributed by atoms with Crippen LogP contribution in [0.4, 0.5) is 13.2 Å². The highest BCUT2D eigenvalue weighted by molar-refractivity contribution is 7.91. The monoisotopic (exact) mass is 520 g/mol. The lowest BCUT2D eigenvalue weighted by atomic mass is 10.1. The number of aromatic nitrogens is 6. The molecule has 180 valence electrons. The van der Waals surface area contributed by atoms with E-state index in [1.54, 1.807) is 43.7 Å². The number of sulfone groups is 1. The summed E-state index contributed by atoms with van der Waals surface area (Å²) in [6.07, 6.45) is -0.717. The lowest BCUT2D eigenvalue weighted by Gasteiger charge is -2.05. The van der Waals surface area contributed by atoms with Crippen molar-refractivity contribution in [2.24, 2.45) is 7.05 Å². The predicted octanol–water partition coefficient (Wildman–Crippen LogP) is 4.81. The Labute approximate surface area is 201 Å². The molecule has 0 amide bonds. The average molecular weight is 521 g/mol. The molecule has 0 aliphatic carbocycles. The summed E-state index contributed by atoms with van der Waals surface area (Å²) in [6, 6.07) is 7.87. The molecule has 4 heterocycles. The number of alkyl halides is 3. The minimum absolute atomic E-state index is 0.0331. The van der Waals surface area contributed by atoms with Gasteiger partial charge in [-0.05, 0) is 23.8 Å². The van der Waals surface area contributed by atoms with Gasteiger partial charge >= 0.3 is 6.18 Å². The highest BCUT2D eigenvalue weighted by atomic mass is 35.5. The Balaban J connectivity index is 1.77. The molecule has 0 aliphatic rings. The quantitative estimate of drug-likeness (QED) is 0.337. The molecule has 5 rings (SSSR count). The van der Waals surface area contributed by atoms with E-state index in [1.165, 1.54) is 16.0 Å². The van der Waals surface area contributed by atoms with Gasteiger partial charge in [0.25, 0.3) is 0 Å². The molecule has 0 fully saturated rings. The second-order valence-electron chi connectivity index (χ2n) is 7.76. The van der Waals surface area contributed by atoms with E-state index in [2.05, 4.69) is 20.1 Å². The molecule has 0 N–H and O–H groups in total. The second-order valence-corrected chi connectivity index (χ2v) is 10.4. The number of rotatable bonds is 4. The van der Waals surface area contributed by atoms with Crippen LogP contribution in [0.15, 0.2) is 53.9 Å². The van der Waals surface area contributed by atoms with Crippen molar-refractivity contribution in [3.8, 4) is 22.5 Å². The van der Waals surface area contributed by atoms with Gasteiger partial charge < -0.3 is 4.57 Å². The van der Waals surface area contributed by atoms with E-state index >= 15 is 0 Å². The molecular weight excluding hydrogens is 505 g/mol. The molecule has 0 saturated heterocycles. The fourth-order valence-corrected chi connectivity index (χ4v) is 4.82. The first-order valence-electron chi connectivity index (χ1n) is 10.3. The third-order valence-electron chi connectivity index (χ3n) is 5.55. The summed E-state index contributed by atoms with van der Waals surface area (Å²) in [5.74, 6) is -0.158. The molecule has 0 spiro atoms. The van der Waals surface area contributed by atoms with Gasteiger partial charge in [0.15, 0.2) is 26.2 Å². The number of nitrogens with zero attached hydrogens (tertiary/aromatic N) is 6. The Bertz CT molecular complexity index is 1710. The first-order chi connectivity index (χ1) is 16.5. The zero-order valence-corrected chi connectivity index (χ0v) is 19.8. The van der Waals surface area contributed by atoms with Crippen LogP contribution in [0.5, 0.6) is 0 Å². The molecule has 8 nitrogen and oxygen atoms in total. The minimum Gasteiger partial charge on any atom is -0.312 e. The number of halogens is 4.